The topological polar surface area (TPSA) is 0 Å². The molecule has 0 heteroatoms. The van der Waals surface area contributed by atoms with Gasteiger partial charge in [0.25, 0.3) is 0 Å². The highest BCUT2D eigenvalue weighted by Gasteiger charge is 2.49. The van der Waals surface area contributed by atoms with Gasteiger partial charge in [-0.3, -0.25) is 0 Å². The number of rotatable bonds is 6. The number of aryl methyl sites for hydroxylation is 3. The van der Waals surface area contributed by atoms with E-state index in [0.717, 1.165) is 6.42 Å². The van der Waals surface area contributed by atoms with Gasteiger partial charge in [-0.25, -0.2) is 0 Å². The van der Waals surface area contributed by atoms with Crippen molar-refractivity contribution in [3.63, 3.8) is 0 Å². The van der Waals surface area contributed by atoms with Gasteiger partial charge in [-0.2, -0.15) is 0 Å². The molecule has 0 saturated carbocycles. The summed E-state index contributed by atoms with van der Waals surface area (Å²) in [4.78, 5) is 0. The van der Waals surface area contributed by atoms with Crippen LogP contribution in [0.4, 0.5) is 0 Å². The van der Waals surface area contributed by atoms with E-state index in [0.29, 0.717) is 0 Å². The highest BCUT2D eigenvalue weighted by Crippen LogP contribution is 2.62. The molecule has 368 valence electrons. The van der Waals surface area contributed by atoms with Crippen molar-refractivity contribution in [1.82, 2.24) is 0 Å². The van der Waals surface area contributed by atoms with Crippen LogP contribution in [-0.4, -0.2) is 0 Å². The SMILES string of the molecule is Cc1ccc2cc(-c3ccc4c(c3)-c3ccccc3C4(C)c3cc(-c4ccc5cc(C)ccc5c4)cc4c3-c3ccccc3C4(C)Cc3cccc4c3-c3cccc(-c5ccc6cc(C)ccc6c5)c3C4(C)C)ccc2c1. The minimum atomic E-state index is -0.466. The van der Waals surface area contributed by atoms with Crippen LogP contribution in [0.1, 0.15) is 88.9 Å². The predicted molar refractivity (Wildman–Crippen MR) is 327 cm³/mol. The predicted octanol–water partition coefficient (Wildman–Crippen LogP) is 20.2. The molecule has 0 amide bonds. The summed E-state index contributed by atoms with van der Waals surface area (Å²) in [7, 11) is 0. The summed E-state index contributed by atoms with van der Waals surface area (Å²) in [6.45, 7) is 16.5. The largest absolute Gasteiger partial charge is 0.0619 e. The van der Waals surface area contributed by atoms with Gasteiger partial charge in [-0.15, -0.1) is 0 Å². The van der Waals surface area contributed by atoms with Crippen molar-refractivity contribution in [2.45, 2.75) is 71.1 Å². The van der Waals surface area contributed by atoms with Crippen LogP contribution in [0.2, 0.25) is 0 Å². The van der Waals surface area contributed by atoms with Gasteiger partial charge >= 0.3 is 0 Å². The molecule has 0 saturated heterocycles. The van der Waals surface area contributed by atoms with Crippen molar-refractivity contribution in [2.75, 3.05) is 0 Å². The lowest BCUT2D eigenvalue weighted by molar-refractivity contribution is 0.581. The van der Waals surface area contributed by atoms with Gasteiger partial charge in [0.15, 0.2) is 0 Å². The summed E-state index contributed by atoms with van der Waals surface area (Å²) < 4.78 is 0. The average molecular weight is 985 g/mol. The molecule has 3 aliphatic rings. The summed E-state index contributed by atoms with van der Waals surface area (Å²) >= 11 is 0. The van der Waals surface area contributed by atoms with Crippen LogP contribution < -0.4 is 0 Å². The fourth-order valence-electron chi connectivity index (χ4n) is 14.8. The van der Waals surface area contributed by atoms with E-state index < -0.39 is 5.41 Å². The van der Waals surface area contributed by atoms with E-state index in [1.54, 1.807) is 0 Å². The Bertz CT molecular complexity index is 4520. The smallest absolute Gasteiger partial charge is 0.0442 e. The molecule has 77 heavy (non-hydrogen) atoms. The van der Waals surface area contributed by atoms with E-state index in [1.165, 1.54) is 160 Å². The highest BCUT2D eigenvalue weighted by atomic mass is 14.5. The molecule has 0 N–H and O–H groups in total. The minimum Gasteiger partial charge on any atom is -0.0619 e. The standard InChI is InChI=1S/C77H60/c1-46-22-25-52-39-55(30-28-49(52)36-46)57-34-35-68-65(42-57)62-15-8-11-20-67(62)77(68,7)71-44-60(56-31-29-50-37-47(2)23-26-53(50)40-56)43-70-73(71)63-16-9-10-19-66(63)76(70,6)45-59-14-12-21-69-72(59)64-18-13-17-61(74(64)75(69,4)5)58-33-32-51-38-48(3)24-27-54(51)41-58/h8-44H,45H2,1-7H3. The minimum absolute atomic E-state index is 0.202. The highest BCUT2D eigenvalue weighted by molar-refractivity contribution is 5.97. The van der Waals surface area contributed by atoms with Crippen molar-refractivity contribution >= 4 is 32.3 Å². The van der Waals surface area contributed by atoms with Crippen molar-refractivity contribution in [2.24, 2.45) is 0 Å². The molecule has 0 heterocycles. The van der Waals surface area contributed by atoms with Gasteiger partial charge in [0.05, 0.1) is 0 Å². The van der Waals surface area contributed by atoms with Crippen LogP contribution in [-0.2, 0) is 22.7 Å². The molecule has 0 bridgehead atoms. The Balaban J connectivity index is 0.939. The Morgan fingerprint density at radius 1 is 0.286 bits per heavy atom. The maximum Gasteiger partial charge on any atom is 0.0442 e. The molecule has 0 fully saturated rings. The Morgan fingerprint density at radius 3 is 1.43 bits per heavy atom. The molecule has 12 aromatic rings. The van der Waals surface area contributed by atoms with E-state index in [9.17, 15) is 0 Å². The molecule has 2 unspecified atom stereocenters. The second-order valence-electron chi connectivity index (χ2n) is 23.8. The Morgan fingerprint density at radius 2 is 0.753 bits per heavy atom. The molecule has 0 nitrogen and oxygen atoms in total. The van der Waals surface area contributed by atoms with Gasteiger partial charge in [-0.05, 0) is 214 Å². The zero-order valence-electron chi connectivity index (χ0n) is 45.1. The summed E-state index contributed by atoms with van der Waals surface area (Å²) in [6, 6.07) is 86.9. The van der Waals surface area contributed by atoms with Gasteiger partial charge in [0.2, 0.25) is 0 Å². The maximum absolute atomic E-state index is 2.59. The van der Waals surface area contributed by atoms with Crippen LogP contribution in [0.3, 0.4) is 0 Å². The zero-order chi connectivity index (χ0) is 52.1. The van der Waals surface area contributed by atoms with E-state index in [-0.39, 0.29) is 10.8 Å². The number of hydrogen-bond donors (Lipinski definition) is 0. The fourth-order valence-corrected chi connectivity index (χ4v) is 14.8. The van der Waals surface area contributed by atoms with Crippen molar-refractivity contribution < 1.29 is 0 Å². The first-order valence-electron chi connectivity index (χ1n) is 27.7. The van der Waals surface area contributed by atoms with Crippen LogP contribution in [0.5, 0.6) is 0 Å². The third-order valence-electron chi connectivity index (χ3n) is 18.7. The lowest BCUT2D eigenvalue weighted by Gasteiger charge is -2.33. The molecule has 12 aromatic carbocycles. The second kappa shape index (κ2) is 16.5. The third kappa shape index (κ3) is 6.71. The molecular formula is C77H60. The molecule has 2 atom stereocenters. The van der Waals surface area contributed by atoms with Crippen molar-refractivity contribution in [3.8, 4) is 66.8 Å². The van der Waals surface area contributed by atoms with Crippen molar-refractivity contribution in [1.29, 1.82) is 0 Å². The summed E-state index contributed by atoms with van der Waals surface area (Å²) in [5.74, 6) is 0. The van der Waals surface area contributed by atoms with Gasteiger partial charge in [0.1, 0.15) is 0 Å². The van der Waals surface area contributed by atoms with Gasteiger partial charge < -0.3 is 0 Å². The second-order valence-corrected chi connectivity index (χ2v) is 23.8. The summed E-state index contributed by atoms with van der Waals surface area (Å²) in [6.07, 6.45) is 0.855. The van der Waals surface area contributed by atoms with Crippen LogP contribution in [0.15, 0.2) is 224 Å². The van der Waals surface area contributed by atoms with Gasteiger partial charge in [0, 0.05) is 16.2 Å². The molecular weight excluding hydrogens is 925 g/mol. The first kappa shape index (κ1) is 45.8. The van der Waals surface area contributed by atoms with Crippen LogP contribution >= 0.6 is 0 Å². The Hall–Kier alpha value is -8.58. The Labute approximate surface area is 453 Å². The molecule has 0 aromatic heterocycles. The van der Waals surface area contributed by atoms with E-state index in [1.807, 2.05) is 0 Å². The monoisotopic (exact) mass is 984 g/mol. The first-order valence-corrected chi connectivity index (χ1v) is 27.7. The normalized spacial score (nSPS) is 17.3. The number of benzene rings is 12. The fraction of sp³-hybridized carbons (Fsp3) is 0.143. The number of fused-ring (bicyclic) bond motifs is 12. The van der Waals surface area contributed by atoms with E-state index in [2.05, 4.69) is 273 Å². The Kier molecular flexibility index (Phi) is 9.79. The lowest BCUT2D eigenvalue weighted by Crippen LogP contribution is -2.27. The zero-order valence-corrected chi connectivity index (χ0v) is 45.1. The van der Waals surface area contributed by atoms with Gasteiger partial charge in [-0.1, -0.05) is 226 Å². The summed E-state index contributed by atoms with van der Waals surface area (Å²) in [5, 5.41) is 7.65. The lowest BCUT2D eigenvalue weighted by atomic mass is 9.69. The quantitative estimate of drug-likeness (QED) is 0.156. The molecule has 3 aliphatic carbocycles. The summed E-state index contributed by atoms with van der Waals surface area (Å²) in [5.41, 5.74) is 29.7. The molecule has 0 spiro atoms. The molecule has 0 aliphatic heterocycles. The van der Waals surface area contributed by atoms with E-state index in [4.69, 9.17) is 0 Å². The van der Waals surface area contributed by atoms with Crippen LogP contribution in [0.25, 0.3) is 99.1 Å². The molecule has 0 radical (unpaired) electrons. The average Bonchev–Trinajstić information content (AvgIpc) is 3.98. The first-order chi connectivity index (χ1) is 37.3. The van der Waals surface area contributed by atoms with Crippen LogP contribution in [0, 0.1) is 20.8 Å². The van der Waals surface area contributed by atoms with Crippen molar-refractivity contribution in [3.05, 3.63) is 286 Å². The molecule has 15 rings (SSSR count). The third-order valence-corrected chi connectivity index (χ3v) is 18.7. The van der Waals surface area contributed by atoms with E-state index >= 15 is 0 Å². The number of hydrogen-bond acceptors (Lipinski definition) is 0. The maximum atomic E-state index is 2.59.